The van der Waals surface area contributed by atoms with Gasteiger partial charge >= 0.3 is 5.97 Å². The van der Waals surface area contributed by atoms with Gasteiger partial charge < -0.3 is 10.4 Å². The smallest absolute Gasteiger partial charge is 0.338 e. The van der Waals surface area contributed by atoms with E-state index in [-0.39, 0.29) is 11.6 Å². The van der Waals surface area contributed by atoms with E-state index in [2.05, 4.69) is 19.2 Å². The monoisotopic (exact) mass is 267 g/mol. The van der Waals surface area contributed by atoms with Crippen molar-refractivity contribution >= 4 is 11.7 Å². The number of aromatic carboxylic acids is 1. The topological polar surface area (TPSA) is 49.3 Å². The minimum Gasteiger partial charge on any atom is -0.478 e. The average molecular weight is 267 g/mol. The highest BCUT2D eigenvalue weighted by Crippen LogP contribution is 2.17. The minimum atomic E-state index is -1.24. The third-order valence-electron chi connectivity index (χ3n) is 3.10. The Hall–Kier alpha value is -1.58. The molecule has 2 N–H and O–H groups in total. The van der Waals surface area contributed by atoms with Crippen LogP contribution in [0.3, 0.4) is 0 Å². The molecule has 1 atom stereocenters. The van der Waals surface area contributed by atoms with Crippen LogP contribution in [0.2, 0.25) is 0 Å². The molecule has 0 heterocycles. The normalized spacial score (nSPS) is 12.2. The number of benzene rings is 1. The second-order valence-corrected chi connectivity index (χ2v) is 4.89. The SMILES string of the molecule is CCCCCCC(C)Nc1ccc(F)c(C(=O)O)c1. The molecule has 0 aliphatic rings. The predicted molar refractivity (Wildman–Crippen MR) is 75.2 cm³/mol. The van der Waals surface area contributed by atoms with E-state index >= 15 is 0 Å². The van der Waals surface area contributed by atoms with E-state index < -0.39 is 11.8 Å². The Balaban J connectivity index is 2.52. The van der Waals surface area contributed by atoms with Crippen molar-refractivity contribution < 1.29 is 14.3 Å². The third-order valence-corrected chi connectivity index (χ3v) is 3.10. The van der Waals surface area contributed by atoms with Crippen molar-refractivity contribution in [2.24, 2.45) is 0 Å². The Labute approximate surface area is 113 Å². The molecule has 106 valence electrons. The van der Waals surface area contributed by atoms with Crippen molar-refractivity contribution in [3.63, 3.8) is 0 Å². The van der Waals surface area contributed by atoms with Gasteiger partial charge in [0.1, 0.15) is 5.82 Å². The Morgan fingerprint density at radius 1 is 1.37 bits per heavy atom. The molecule has 0 aliphatic carbocycles. The van der Waals surface area contributed by atoms with Crippen LogP contribution < -0.4 is 5.32 Å². The highest BCUT2D eigenvalue weighted by Gasteiger charge is 2.11. The van der Waals surface area contributed by atoms with Gasteiger partial charge in [-0.3, -0.25) is 0 Å². The maximum atomic E-state index is 13.2. The fraction of sp³-hybridized carbons (Fsp3) is 0.533. The lowest BCUT2D eigenvalue weighted by atomic mass is 10.1. The zero-order valence-corrected chi connectivity index (χ0v) is 11.6. The van der Waals surface area contributed by atoms with Crippen molar-refractivity contribution in [1.82, 2.24) is 0 Å². The molecule has 4 heteroatoms. The molecule has 0 saturated carbocycles. The van der Waals surface area contributed by atoms with Gasteiger partial charge in [-0.1, -0.05) is 32.6 Å². The van der Waals surface area contributed by atoms with Crippen LogP contribution in [0.15, 0.2) is 18.2 Å². The maximum Gasteiger partial charge on any atom is 0.338 e. The van der Waals surface area contributed by atoms with Gasteiger partial charge in [0.2, 0.25) is 0 Å². The summed E-state index contributed by atoms with van der Waals surface area (Å²) in [6, 6.07) is 4.36. The highest BCUT2D eigenvalue weighted by atomic mass is 19.1. The zero-order valence-electron chi connectivity index (χ0n) is 11.6. The number of rotatable bonds is 8. The molecule has 0 aromatic heterocycles. The fourth-order valence-corrected chi connectivity index (χ4v) is 2.01. The number of carboxylic acids is 1. The fourth-order valence-electron chi connectivity index (χ4n) is 2.01. The molecule has 19 heavy (non-hydrogen) atoms. The summed E-state index contributed by atoms with van der Waals surface area (Å²) in [5, 5.41) is 12.1. The van der Waals surface area contributed by atoms with Gasteiger partial charge in [-0.05, 0) is 31.5 Å². The van der Waals surface area contributed by atoms with Crippen LogP contribution in [0, 0.1) is 5.82 Å². The van der Waals surface area contributed by atoms with Gasteiger partial charge in [0.25, 0.3) is 0 Å². The molecule has 0 bridgehead atoms. The number of halogens is 1. The Morgan fingerprint density at radius 2 is 2.11 bits per heavy atom. The number of anilines is 1. The van der Waals surface area contributed by atoms with Gasteiger partial charge in [0, 0.05) is 11.7 Å². The van der Waals surface area contributed by atoms with E-state index in [1.807, 2.05) is 0 Å². The summed E-state index contributed by atoms with van der Waals surface area (Å²) in [7, 11) is 0. The second kappa shape index (κ2) is 7.77. The number of unbranched alkanes of at least 4 members (excludes halogenated alkanes) is 3. The largest absolute Gasteiger partial charge is 0.478 e. The molecule has 0 amide bonds. The van der Waals surface area contributed by atoms with Crippen LogP contribution >= 0.6 is 0 Å². The van der Waals surface area contributed by atoms with Gasteiger partial charge in [-0.2, -0.15) is 0 Å². The first-order valence-electron chi connectivity index (χ1n) is 6.84. The number of nitrogens with one attached hydrogen (secondary N) is 1. The van der Waals surface area contributed by atoms with Crippen molar-refractivity contribution in [2.45, 2.75) is 52.0 Å². The van der Waals surface area contributed by atoms with E-state index in [0.29, 0.717) is 5.69 Å². The van der Waals surface area contributed by atoms with E-state index in [4.69, 9.17) is 5.11 Å². The summed E-state index contributed by atoms with van der Waals surface area (Å²) in [4.78, 5) is 10.8. The van der Waals surface area contributed by atoms with Crippen molar-refractivity contribution in [3.8, 4) is 0 Å². The van der Waals surface area contributed by atoms with Crippen LogP contribution in [-0.4, -0.2) is 17.1 Å². The lowest BCUT2D eigenvalue weighted by Gasteiger charge is -2.15. The molecule has 0 fully saturated rings. The van der Waals surface area contributed by atoms with Crippen LogP contribution in [0.25, 0.3) is 0 Å². The molecule has 0 radical (unpaired) electrons. The predicted octanol–water partition coefficient (Wildman–Crippen LogP) is 4.29. The minimum absolute atomic E-state index is 0.254. The van der Waals surface area contributed by atoms with Crippen molar-refractivity contribution in [2.75, 3.05) is 5.32 Å². The van der Waals surface area contributed by atoms with Gasteiger partial charge in [-0.15, -0.1) is 0 Å². The van der Waals surface area contributed by atoms with E-state index in [0.717, 1.165) is 12.8 Å². The molecule has 1 rings (SSSR count). The van der Waals surface area contributed by atoms with Crippen LogP contribution in [0.1, 0.15) is 56.3 Å². The molecule has 3 nitrogen and oxygen atoms in total. The summed E-state index contributed by atoms with van der Waals surface area (Å²) in [6.07, 6.45) is 5.84. The standard InChI is InChI=1S/C15H22FNO2/c1-3-4-5-6-7-11(2)17-12-8-9-14(16)13(10-12)15(18)19/h8-11,17H,3-7H2,1-2H3,(H,18,19). The molecule has 0 saturated heterocycles. The van der Waals surface area contributed by atoms with Crippen molar-refractivity contribution in [1.29, 1.82) is 0 Å². The highest BCUT2D eigenvalue weighted by molar-refractivity contribution is 5.89. The average Bonchev–Trinajstić information content (AvgIpc) is 2.36. The lowest BCUT2D eigenvalue weighted by Crippen LogP contribution is -2.15. The second-order valence-electron chi connectivity index (χ2n) is 4.89. The number of carbonyl (C=O) groups is 1. The lowest BCUT2D eigenvalue weighted by molar-refractivity contribution is 0.0692. The molecule has 1 aromatic rings. The molecule has 1 unspecified atom stereocenters. The Kier molecular flexibility index (Phi) is 6.33. The quantitative estimate of drug-likeness (QED) is 0.691. The molecule has 1 aromatic carbocycles. The zero-order chi connectivity index (χ0) is 14.3. The number of hydrogen-bond donors (Lipinski definition) is 2. The Morgan fingerprint density at radius 3 is 2.74 bits per heavy atom. The van der Waals surface area contributed by atoms with E-state index in [1.54, 1.807) is 6.07 Å². The van der Waals surface area contributed by atoms with Gasteiger partial charge in [-0.25, -0.2) is 9.18 Å². The van der Waals surface area contributed by atoms with Crippen LogP contribution in [-0.2, 0) is 0 Å². The molecular weight excluding hydrogens is 245 g/mol. The van der Waals surface area contributed by atoms with Gasteiger partial charge in [0.15, 0.2) is 0 Å². The summed E-state index contributed by atoms with van der Waals surface area (Å²) in [5.74, 6) is -1.94. The molecule has 0 spiro atoms. The molecular formula is C15H22FNO2. The maximum absolute atomic E-state index is 13.2. The van der Waals surface area contributed by atoms with E-state index in [9.17, 15) is 9.18 Å². The first kappa shape index (κ1) is 15.5. The van der Waals surface area contributed by atoms with Gasteiger partial charge in [0.05, 0.1) is 5.56 Å². The first-order valence-corrected chi connectivity index (χ1v) is 6.84. The first-order chi connectivity index (χ1) is 9.04. The van der Waals surface area contributed by atoms with E-state index in [1.165, 1.54) is 31.4 Å². The summed E-state index contributed by atoms with van der Waals surface area (Å²) in [6.45, 7) is 4.23. The summed E-state index contributed by atoms with van der Waals surface area (Å²) >= 11 is 0. The van der Waals surface area contributed by atoms with Crippen LogP contribution in [0.5, 0.6) is 0 Å². The molecule has 0 aliphatic heterocycles. The van der Waals surface area contributed by atoms with Crippen molar-refractivity contribution in [3.05, 3.63) is 29.6 Å². The van der Waals surface area contributed by atoms with Crippen LogP contribution in [0.4, 0.5) is 10.1 Å². The Bertz CT molecular complexity index is 421. The third kappa shape index (κ3) is 5.28. The summed E-state index contributed by atoms with van der Waals surface area (Å²) < 4.78 is 13.2. The number of hydrogen-bond acceptors (Lipinski definition) is 2. The summed E-state index contributed by atoms with van der Waals surface area (Å²) in [5.41, 5.74) is 0.366. The number of carboxylic acid groups (broad SMARTS) is 1.